The molecule has 0 aromatic heterocycles. The Morgan fingerprint density at radius 3 is 2.50 bits per heavy atom. The highest BCUT2D eigenvalue weighted by Gasteiger charge is 2.16. The zero-order chi connectivity index (χ0) is 15.0. The maximum absolute atomic E-state index is 11.6. The second kappa shape index (κ2) is 8.43. The van der Waals surface area contributed by atoms with Gasteiger partial charge >= 0.3 is 7.80 Å². The number of primary amides is 1. The number of carbonyl (C=O) groups excluding carboxylic acids is 1. The summed E-state index contributed by atoms with van der Waals surface area (Å²) in [6.07, 6.45) is 0.929. The fourth-order valence-corrected chi connectivity index (χ4v) is 2.52. The monoisotopic (exact) mass is 295 g/mol. The number of benzene rings is 1. The van der Waals surface area contributed by atoms with Gasteiger partial charge in [-0.2, -0.15) is 0 Å². The highest BCUT2D eigenvalue weighted by atomic mass is 31.1. The molecule has 5 nitrogen and oxygen atoms in total. The van der Waals surface area contributed by atoms with Crippen LogP contribution in [0.15, 0.2) is 29.3 Å². The van der Waals surface area contributed by atoms with Gasteiger partial charge in [0.05, 0.1) is 6.42 Å². The van der Waals surface area contributed by atoms with Crippen LogP contribution in [0.2, 0.25) is 0 Å². The van der Waals surface area contributed by atoms with Crippen molar-refractivity contribution in [3.05, 3.63) is 29.8 Å². The summed E-state index contributed by atoms with van der Waals surface area (Å²) in [7, 11) is 0.329. The molecule has 20 heavy (non-hydrogen) atoms. The molecule has 0 saturated carbocycles. The lowest BCUT2D eigenvalue weighted by Gasteiger charge is -2.04. The first-order valence-electron chi connectivity index (χ1n) is 6.40. The number of rotatable bonds is 8. The minimum atomic E-state index is -1.42. The summed E-state index contributed by atoms with van der Waals surface area (Å²) in [5, 5.41) is 0. The number of hydrogen-bond acceptors (Lipinski definition) is 4. The number of nitrogens with zero attached hydrogens (tertiary/aromatic N) is 1. The maximum atomic E-state index is 11.6. The Balaban J connectivity index is 2.35. The number of carbonyl (C=O) groups is 1. The molecule has 0 bridgehead atoms. The highest BCUT2D eigenvalue weighted by molar-refractivity contribution is 7.44. The van der Waals surface area contributed by atoms with Crippen LogP contribution in [0, 0.1) is 0 Å². The lowest BCUT2D eigenvalue weighted by Crippen LogP contribution is -2.11. The molecule has 1 atom stereocenters. The largest absolute Gasteiger partial charge is 0.489 e. The standard InChI is InChI=1S/C14H19N2O3P/c1-11(16-2)12-3-5-13(6-4-12)19-8-10-20(18)9-7-14(15)17/h3-6H,7-10H2,1-2H3,(H-,15,17)/p+1. The second-order valence-electron chi connectivity index (χ2n) is 4.33. The van der Waals surface area contributed by atoms with E-state index in [-0.39, 0.29) is 6.42 Å². The van der Waals surface area contributed by atoms with Gasteiger partial charge in [0.25, 0.3) is 0 Å². The first-order chi connectivity index (χ1) is 9.52. The summed E-state index contributed by atoms with van der Waals surface area (Å²) in [5.41, 5.74) is 7.01. The summed E-state index contributed by atoms with van der Waals surface area (Å²) in [5.74, 6) is 0.314. The molecule has 1 rings (SSSR count). The second-order valence-corrected chi connectivity index (χ2v) is 6.19. The zero-order valence-electron chi connectivity index (χ0n) is 11.8. The molecule has 0 aliphatic heterocycles. The van der Waals surface area contributed by atoms with Crippen molar-refractivity contribution in [2.24, 2.45) is 10.7 Å². The summed E-state index contributed by atoms with van der Waals surface area (Å²) in [6, 6.07) is 7.59. The molecule has 0 radical (unpaired) electrons. The molecule has 0 saturated heterocycles. The number of hydrogen-bond donors (Lipinski definition) is 1. The molecular weight excluding hydrogens is 275 g/mol. The van der Waals surface area contributed by atoms with E-state index in [2.05, 4.69) is 4.99 Å². The van der Waals surface area contributed by atoms with Gasteiger partial charge < -0.3 is 10.5 Å². The quantitative estimate of drug-likeness (QED) is 0.589. The van der Waals surface area contributed by atoms with Crippen molar-refractivity contribution >= 4 is 19.4 Å². The average Bonchev–Trinajstić information content (AvgIpc) is 2.45. The maximum Gasteiger partial charge on any atom is 0.342 e. The minimum Gasteiger partial charge on any atom is -0.489 e. The molecule has 0 heterocycles. The van der Waals surface area contributed by atoms with Gasteiger partial charge in [-0.05, 0) is 36.8 Å². The van der Waals surface area contributed by atoms with Crippen LogP contribution in [0.3, 0.4) is 0 Å². The Morgan fingerprint density at radius 1 is 1.30 bits per heavy atom. The fourth-order valence-electron chi connectivity index (χ4n) is 1.53. The Morgan fingerprint density at radius 2 is 1.95 bits per heavy atom. The van der Waals surface area contributed by atoms with Crippen LogP contribution in [0.1, 0.15) is 18.9 Å². The van der Waals surface area contributed by atoms with Crippen molar-refractivity contribution in [2.75, 3.05) is 26.0 Å². The summed E-state index contributed by atoms with van der Waals surface area (Å²) in [4.78, 5) is 14.7. The Labute approximate surface area is 120 Å². The van der Waals surface area contributed by atoms with E-state index in [1.165, 1.54) is 0 Å². The molecule has 1 aromatic carbocycles. The smallest absolute Gasteiger partial charge is 0.342 e. The van der Waals surface area contributed by atoms with Crippen molar-refractivity contribution in [3.63, 3.8) is 0 Å². The van der Waals surface area contributed by atoms with Crippen molar-refractivity contribution in [1.82, 2.24) is 0 Å². The van der Waals surface area contributed by atoms with Gasteiger partial charge in [0.15, 0.2) is 12.3 Å². The lowest BCUT2D eigenvalue weighted by atomic mass is 10.1. The summed E-state index contributed by atoms with van der Waals surface area (Å²) in [6.45, 7) is 2.31. The van der Waals surface area contributed by atoms with E-state index in [0.29, 0.717) is 18.9 Å². The molecule has 1 unspecified atom stereocenters. The Bertz CT molecular complexity index is 498. The topological polar surface area (TPSA) is 81.8 Å². The van der Waals surface area contributed by atoms with Gasteiger partial charge in [-0.3, -0.25) is 9.79 Å². The third-order valence-electron chi connectivity index (χ3n) is 2.82. The van der Waals surface area contributed by atoms with Crippen LogP contribution in [-0.4, -0.2) is 37.6 Å². The normalized spacial score (nSPS) is 12.1. The predicted molar refractivity (Wildman–Crippen MR) is 81.2 cm³/mol. The van der Waals surface area contributed by atoms with Crippen molar-refractivity contribution < 1.29 is 14.1 Å². The number of aliphatic imine (C=N–C) groups is 1. The van der Waals surface area contributed by atoms with Crippen LogP contribution in [0.4, 0.5) is 0 Å². The average molecular weight is 295 g/mol. The third-order valence-corrected chi connectivity index (χ3v) is 4.23. The van der Waals surface area contributed by atoms with E-state index in [1.807, 2.05) is 31.2 Å². The van der Waals surface area contributed by atoms with E-state index in [4.69, 9.17) is 10.5 Å². The van der Waals surface area contributed by atoms with E-state index in [1.54, 1.807) is 7.05 Å². The van der Waals surface area contributed by atoms with Crippen LogP contribution < -0.4 is 10.5 Å². The van der Waals surface area contributed by atoms with Gasteiger partial charge in [0.2, 0.25) is 5.91 Å². The van der Waals surface area contributed by atoms with Crippen molar-refractivity contribution in [1.29, 1.82) is 0 Å². The highest BCUT2D eigenvalue weighted by Crippen LogP contribution is 2.21. The first kappa shape index (κ1) is 16.3. The molecule has 6 heteroatoms. The van der Waals surface area contributed by atoms with E-state index >= 15 is 0 Å². The predicted octanol–water partition coefficient (Wildman–Crippen LogP) is 2.21. The molecule has 108 valence electrons. The lowest BCUT2D eigenvalue weighted by molar-refractivity contribution is -0.117. The zero-order valence-corrected chi connectivity index (χ0v) is 12.7. The van der Waals surface area contributed by atoms with Crippen LogP contribution in [0.5, 0.6) is 5.75 Å². The molecule has 0 aliphatic carbocycles. The summed E-state index contributed by atoms with van der Waals surface area (Å²) < 4.78 is 17.1. The first-order valence-corrected chi connectivity index (χ1v) is 8.03. The fraction of sp³-hybridized carbons (Fsp3) is 0.429. The molecular formula is C14H20N2O3P+. The molecule has 0 spiro atoms. The van der Waals surface area contributed by atoms with Crippen LogP contribution in [-0.2, 0) is 9.36 Å². The van der Waals surface area contributed by atoms with Gasteiger partial charge in [0.1, 0.15) is 12.4 Å². The van der Waals surface area contributed by atoms with Crippen LogP contribution in [0.25, 0.3) is 0 Å². The SMILES string of the molecule is CN=C(C)c1ccc(OCC[P+](=O)CCC(N)=O)cc1. The molecule has 0 aliphatic rings. The Kier molecular flexibility index (Phi) is 6.88. The van der Waals surface area contributed by atoms with Gasteiger partial charge in [-0.15, -0.1) is 0 Å². The number of ether oxygens (including phenoxy) is 1. The molecule has 1 aromatic rings. The van der Waals surface area contributed by atoms with E-state index in [9.17, 15) is 9.36 Å². The molecule has 0 fully saturated rings. The number of nitrogens with two attached hydrogens (primary N) is 1. The summed E-state index contributed by atoms with van der Waals surface area (Å²) >= 11 is 0. The van der Waals surface area contributed by atoms with Crippen LogP contribution >= 0.6 is 7.80 Å². The molecule has 1 amide bonds. The van der Waals surface area contributed by atoms with Gasteiger partial charge in [0, 0.05) is 12.8 Å². The Hall–Kier alpha value is -1.74. The minimum absolute atomic E-state index is 0.166. The van der Waals surface area contributed by atoms with E-state index in [0.717, 1.165) is 17.0 Å². The molecule has 2 N–H and O–H groups in total. The van der Waals surface area contributed by atoms with Crippen molar-refractivity contribution in [3.8, 4) is 5.75 Å². The number of amides is 1. The third kappa shape index (κ3) is 5.93. The van der Waals surface area contributed by atoms with Crippen molar-refractivity contribution in [2.45, 2.75) is 13.3 Å². The van der Waals surface area contributed by atoms with Gasteiger partial charge in [-0.1, -0.05) is 4.57 Å². The van der Waals surface area contributed by atoms with E-state index < -0.39 is 13.7 Å². The van der Waals surface area contributed by atoms with Gasteiger partial charge in [-0.25, -0.2) is 0 Å².